The van der Waals surface area contributed by atoms with Crippen molar-refractivity contribution < 1.29 is 4.39 Å². The van der Waals surface area contributed by atoms with Crippen LogP contribution in [-0.2, 0) is 0 Å². The summed E-state index contributed by atoms with van der Waals surface area (Å²) in [7, 11) is 0. The molecular weight excluding hydrogens is 385 g/mol. The largest absolute Gasteiger partial charge is 0.276 e. The molecule has 0 N–H and O–H groups in total. The molecule has 0 fully saturated rings. The van der Waals surface area contributed by atoms with Gasteiger partial charge in [0.15, 0.2) is 5.15 Å². The van der Waals surface area contributed by atoms with E-state index in [0.29, 0.717) is 27.3 Å². The maximum absolute atomic E-state index is 13.9. The molecule has 0 aliphatic rings. The van der Waals surface area contributed by atoms with Crippen LogP contribution >= 0.6 is 22.9 Å². The number of thiophene rings is 1. The number of rotatable bonds is 3. The van der Waals surface area contributed by atoms with Gasteiger partial charge in [0.25, 0.3) is 5.56 Å². The number of hydrogen-bond donors (Lipinski definition) is 0. The fourth-order valence-corrected chi connectivity index (χ4v) is 3.86. The fourth-order valence-electron chi connectivity index (χ4n) is 2.78. The molecule has 3 heterocycles. The van der Waals surface area contributed by atoms with Crippen molar-refractivity contribution in [2.75, 3.05) is 0 Å². The molecule has 4 nitrogen and oxygen atoms in total. The van der Waals surface area contributed by atoms with Crippen LogP contribution in [0.5, 0.6) is 0 Å². The first-order chi connectivity index (χ1) is 13.0. The SMILES string of the molecule is Cc1cc2nc(C=Cc3ccccc3F)n(-c3cccnc3Cl)c(=O)c2s1. The summed E-state index contributed by atoms with van der Waals surface area (Å²) in [6.45, 7) is 1.92. The molecule has 27 heavy (non-hydrogen) atoms. The summed E-state index contributed by atoms with van der Waals surface area (Å²) in [5.41, 5.74) is 1.20. The quantitative estimate of drug-likeness (QED) is 0.451. The lowest BCUT2D eigenvalue weighted by molar-refractivity contribution is 0.625. The lowest BCUT2D eigenvalue weighted by Gasteiger charge is -2.11. The maximum Gasteiger partial charge on any atom is 0.276 e. The van der Waals surface area contributed by atoms with E-state index in [4.69, 9.17) is 11.6 Å². The van der Waals surface area contributed by atoms with E-state index in [1.807, 2.05) is 13.0 Å². The summed E-state index contributed by atoms with van der Waals surface area (Å²) in [6, 6.07) is 11.6. The van der Waals surface area contributed by atoms with Gasteiger partial charge in [0.1, 0.15) is 16.3 Å². The third kappa shape index (κ3) is 3.29. The van der Waals surface area contributed by atoms with E-state index >= 15 is 0 Å². The molecular formula is C20H13ClFN3OS. The van der Waals surface area contributed by atoms with Gasteiger partial charge in [0.05, 0.1) is 11.2 Å². The zero-order valence-corrected chi connectivity index (χ0v) is 15.8. The second-order valence-electron chi connectivity index (χ2n) is 5.85. The number of fused-ring (bicyclic) bond motifs is 1. The Morgan fingerprint density at radius 2 is 2.00 bits per heavy atom. The first kappa shape index (κ1) is 17.6. The van der Waals surface area contributed by atoms with E-state index in [2.05, 4.69) is 9.97 Å². The Hall–Kier alpha value is -2.83. The molecule has 0 spiro atoms. The smallest absolute Gasteiger partial charge is 0.267 e. The Morgan fingerprint density at radius 3 is 2.78 bits per heavy atom. The number of pyridine rings is 1. The van der Waals surface area contributed by atoms with Crippen LogP contribution in [0.1, 0.15) is 16.3 Å². The Kier molecular flexibility index (Phi) is 4.59. The van der Waals surface area contributed by atoms with E-state index in [-0.39, 0.29) is 16.5 Å². The highest BCUT2D eigenvalue weighted by molar-refractivity contribution is 7.18. The van der Waals surface area contributed by atoms with Gasteiger partial charge in [0.2, 0.25) is 0 Å². The van der Waals surface area contributed by atoms with E-state index in [1.165, 1.54) is 22.0 Å². The number of hydrogen-bond acceptors (Lipinski definition) is 4. The summed E-state index contributed by atoms with van der Waals surface area (Å²) in [4.78, 5) is 22.8. The topological polar surface area (TPSA) is 47.8 Å². The van der Waals surface area contributed by atoms with Crippen molar-refractivity contribution in [3.8, 4) is 5.69 Å². The molecule has 4 rings (SSSR count). The van der Waals surface area contributed by atoms with Crippen LogP contribution in [0.4, 0.5) is 4.39 Å². The van der Waals surface area contributed by atoms with Gasteiger partial charge >= 0.3 is 0 Å². The van der Waals surface area contributed by atoms with Crippen LogP contribution in [0.25, 0.3) is 28.1 Å². The highest BCUT2D eigenvalue weighted by atomic mass is 35.5. The lowest BCUT2D eigenvalue weighted by Crippen LogP contribution is -2.22. The summed E-state index contributed by atoms with van der Waals surface area (Å²) >= 11 is 7.60. The minimum Gasteiger partial charge on any atom is -0.267 e. The second-order valence-corrected chi connectivity index (χ2v) is 7.46. The number of aryl methyl sites for hydroxylation is 1. The molecule has 3 aromatic heterocycles. The third-order valence-corrected chi connectivity index (χ3v) is 5.31. The molecule has 7 heteroatoms. The molecule has 0 radical (unpaired) electrons. The number of aromatic nitrogens is 3. The van der Waals surface area contributed by atoms with Gasteiger partial charge in [-0.05, 0) is 43.3 Å². The molecule has 0 saturated carbocycles. The van der Waals surface area contributed by atoms with Crippen LogP contribution in [0.15, 0.2) is 53.5 Å². The summed E-state index contributed by atoms with van der Waals surface area (Å²) < 4.78 is 15.9. The van der Waals surface area contributed by atoms with Crippen molar-refractivity contribution in [2.45, 2.75) is 6.92 Å². The molecule has 0 atom stereocenters. The van der Waals surface area contributed by atoms with E-state index in [0.717, 1.165) is 4.88 Å². The summed E-state index contributed by atoms with van der Waals surface area (Å²) in [5, 5.41) is 0.189. The average molecular weight is 398 g/mol. The Morgan fingerprint density at radius 1 is 1.19 bits per heavy atom. The highest BCUT2D eigenvalue weighted by Gasteiger charge is 2.15. The van der Waals surface area contributed by atoms with Crippen molar-refractivity contribution in [3.63, 3.8) is 0 Å². The Labute approximate surface area is 163 Å². The number of nitrogens with zero attached hydrogens (tertiary/aromatic N) is 3. The number of halogens is 2. The Bertz CT molecular complexity index is 1250. The molecule has 0 saturated heterocycles. The summed E-state index contributed by atoms with van der Waals surface area (Å²) in [5.74, 6) is -0.00188. The minimum absolute atomic E-state index is 0.189. The fraction of sp³-hybridized carbons (Fsp3) is 0.0500. The summed E-state index contributed by atoms with van der Waals surface area (Å²) in [6.07, 6.45) is 4.74. The minimum atomic E-state index is -0.352. The molecule has 4 aromatic rings. The van der Waals surface area contributed by atoms with Gasteiger partial charge in [-0.15, -0.1) is 11.3 Å². The van der Waals surface area contributed by atoms with Crippen LogP contribution in [0.2, 0.25) is 5.15 Å². The van der Waals surface area contributed by atoms with Crippen molar-refractivity contribution in [2.24, 2.45) is 0 Å². The molecule has 0 amide bonds. The zero-order chi connectivity index (χ0) is 19.0. The first-order valence-electron chi connectivity index (χ1n) is 8.11. The van der Waals surface area contributed by atoms with E-state index < -0.39 is 0 Å². The van der Waals surface area contributed by atoms with Crippen molar-refractivity contribution in [3.05, 3.63) is 86.3 Å². The van der Waals surface area contributed by atoms with Crippen molar-refractivity contribution in [1.29, 1.82) is 0 Å². The normalized spacial score (nSPS) is 11.5. The van der Waals surface area contributed by atoms with Gasteiger partial charge in [-0.1, -0.05) is 29.8 Å². The van der Waals surface area contributed by atoms with Gasteiger partial charge in [-0.3, -0.25) is 9.36 Å². The third-order valence-electron chi connectivity index (χ3n) is 3.99. The lowest BCUT2D eigenvalue weighted by atomic mass is 10.2. The average Bonchev–Trinajstić information content (AvgIpc) is 3.03. The molecule has 134 valence electrons. The van der Waals surface area contributed by atoms with Crippen LogP contribution < -0.4 is 5.56 Å². The number of benzene rings is 1. The van der Waals surface area contributed by atoms with Crippen LogP contribution in [0.3, 0.4) is 0 Å². The standard InChI is InChI=1S/C20H13ClFN3OS/c1-12-11-15-18(27-12)20(26)25(16-7-4-10-23-19(16)21)17(24-15)9-8-13-5-2-3-6-14(13)22/h2-11H,1H3. The zero-order valence-electron chi connectivity index (χ0n) is 14.2. The molecule has 0 aliphatic heterocycles. The first-order valence-corrected chi connectivity index (χ1v) is 9.31. The van der Waals surface area contributed by atoms with Gasteiger partial charge in [-0.2, -0.15) is 0 Å². The predicted octanol–water partition coefficient (Wildman–Crippen LogP) is 5.11. The van der Waals surface area contributed by atoms with Crippen LogP contribution in [-0.4, -0.2) is 14.5 Å². The van der Waals surface area contributed by atoms with Gasteiger partial charge in [0, 0.05) is 16.6 Å². The van der Waals surface area contributed by atoms with E-state index in [1.54, 1.807) is 48.7 Å². The molecule has 1 aromatic carbocycles. The second kappa shape index (κ2) is 7.06. The predicted molar refractivity (Wildman–Crippen MR) is 108 cm³/mol. The van der Waals surface area contributed by atoms with E-state index in [9.17, 15) is 9.18 Å². The monoisotopic (exact) mass is 397 g/mol. The van der Waals surface area contributed by atoms with Crippen molar-refractivity contribution in [1.82, 2.24) is 14.5 Å². The molecule has 0 unspecified atom stereocenters. The highest BCUT2D eigenvalue weighted by Crippen LogP contribution is 2.24. The Balaban J connectivity index is 1.98. The van der Waals surface area contributed by atoms with Gasteiger partial charge < -0.3 is 0 Å². The molecule has 0 bridgehead atoms. The molecule has 0 aliphatic carbocycles. The van der Waals surface area contributed by atoms with Crippen LogP contribution in [0, 0.1) is 12.7 Å². The van der Waals surface area contributed by atoms with Crippen molar-refractivity contribution >= 4 is 45.3 Å². The van der Waals surface area contributed by atoms with Gasteiger partial charge in [-0.25, -0.2) is 14.4 Å². The maximum atomic E-state index is 13.9.